The highest BCUT2D eigenvalue weighted by Gasteiger charge is 2.10. The molecule has 1 heterocycles. The zero-order chi connectivity index (χ0) is 14.3. The first kappa shape index (κ1) is 15.7. The predicted molar refractivity (Wildman–Crippen MR) is 79.9 cm³/mol. The van der Waals surface area contributed by atoms with E-state index in [-0.39, 0.29) is 0 Å². The highest BCUT2D eigenvalue weighted by atomic mass is 16.5. The summed E-state index contributed by atoms with van der Waals surface area (Å²) in [6, 6.07) is 1.88. The van der Waals surface area contributed by atoms with Gasteiger partial charge in [0.1, 0.15) is 11.6 Å². The molecule has 0 saturated heterocycles. The molecule has 0 aromatic carbocycles. The molecule has 0 radical (unpaired) electrons. The van der Waals surface area contributed by atoms with Gasteiger partial charge in [0.05, 0.1) is 6.61 Å². The lowest BCUT2D eigenvalue weighted by Crippen LogP contribution is -2.11. The fraction of sp³-hybridized carbons (Fsp3) is 0.733. The topological polar surface area (TPSA) is 47.0 Å². The Morgan fingerprint density at radius 1 is 1.21 bits per heavy atom. The maximum Gasteiger partial charge on any atom is 0.218 e. The van der Waals surface area contributed by atoms with Gasteiger partial charge in [0.2, 0.25) is 5.88 Å². The van der Waals surface area contributed by atoms with E-state index in [2.05, 4.69) is 49.9 Å². The normalized spacial score (nSPS) is 12.5. The molecular weight excluding hydrogens is 238 g/mol. The van der Waals surface area contributed by atoms with Crippen LogP contribution in [-0.2, 0) is 0 Å². The summed E-state index contributed by atoms with van der Waals surface area (Å²) >= 11 is 0. The lowest BCUT2D eigenvalue weighted by molar-refractivity contribution is 0.242. The minimum absolute atomic E-state index is 0.300. The van der Waals surface area contributed by atoms with Crippen molar-refractivity contribution in [2.24, 2.45) is 5.92 Å². The molecule has 0 amide bonds. The second kappa shape index (κ2) is 7.97. The van der Waals surface area contributed by atoms with Gasteiger partial charge >= 0.3 is 0 Å². The molecule has 1 N–H and O–H groups in total. The van der Waals surface area contributed by atoms with Crippen LogP contribution in [0.1, 0.15) is 59.2 Å². The van der Waals surface area contributed by atoms with Crippen LogP contribution in [0.25, 0.3) is 0 Å². The van der Waals surface area contributed by atoms with Crippen LogP contribution in [-0.4, -0.2) is 23.1 Å². The molecule has 1 atom stereocenters. The third-order valence-corrected chi connectivity index (χ3v) is 2.89. The SMILES string of the molecule is CCCC(C)COc1cc(NCC)nc(C(C)C)n1. The van der Waals surface area contributed by atoms with Gasteiger partial charge < -0.3 is 10.1 Å². The molecular formula is C15H27N3O. The highest BCUT2D eigenvalue weighted by Crippen LogP contribution is 2.19. The monoisotopic (exact) mass is 265 g/mol. The van der Waals surface area contributed by atoms with Crippen molar-refractivity contribution >= 4 is 5.82 Å². The Hall–Kier alpha value is -1.32. The Kier molecular flexibility index (Phi) is 6.60. The van der Waals surface area contributed by atoms with E-state index in [1.54, 1.807) is 0 Å². The smallest absolute Gasteiger partial charge is 0.218 e. The number of nitrogens with zero attached hydrogens (tertiary/aromatic N) is 2. The summed E-state index contributed by atoms with van der Waals surface area (Å²) in [6.07, 6.45) is 2.37. The van der Waals surface area contributed by atoms with Crippen LogP contribution in [0.5, 0.6) is 5.88 Å². The van der Waals surface area contributed by atoms with E-state index in [9.17, 15) is 0 Å². The minimum Gasteiger partial charge on any atom is -0.477 e. The van der Waals surface area contributed by atoms with Gasteiger partial charge in [-0.05, 0) is 19.3 Å². The molecule has 1 rings (SSSR count). The molecule has 1 unspecified atom stereocenters. The first-order valence-electron chi connectivity index (χ1n) is 7.32. The van der Waals surface area contributed by atoms with Crippen molar-refractivity contribution < 1.29 is 4.74 Å². The molecule has 4 nitrogen and oxygen atoms in total. The van der Waals surface area contributed by atoms with Crippen LogP contribution in [0.3, 0.4) is 0 Å². The molecule has 0 aliphatic heterocycles. The molecule has 0 aliphatic rings. The number of anilines is 1. The molecule has 19 heavy (non-hydrogen) atoms. The summed E-state index contributed by atoms with van der Waals surface area (Å²) in [6.45, 7) is 12.2. The summed E-state index contributed by atoms with van der Waals surface area (Å²) < 4.78 is 5.81. The van der Waals surface area contributed by atoms with Crippen LogP contribution in [0.4, 0.5) is 5.82 Å². The van der Waals surface area contributed by atoms with Gasteiger partial charge in [0.25, 0.3) is 0 Å². The van der Waals surface area contributed by atoms with E-state index in [1.807, 2.05) is 6.07 Å². The molecule has 108 valence electrons. The Morgan fingerprint density at radius 2 is 1.95 bits per heavy atom. The second-order valence-corrected chi connectivity index (χ2v) is 5.34. The van der Waals surface area contributed by atoms with Crippen molar-refractivity contribution in [2.75, 3.05) is 18.5 Å². The van der Waals surface area contributed by atoms with Crippen molar-refractivity contribution in [1.29, 1.82) is 0 Å². The van der Waals surface area contributed by atoms with Crippen molar-refractivity contribution in [1.82, 2.24) is 9.97 Å². The van der Waals surface area contributed by atoms with E-state index >= 15 is 0 Å². The molecule has 0 saturated carbocycles. The third-order valence-electron chi connectivity index (χ3n) is 2.89. The standard InChI is InChI=1S/C15H27N3O/c1-6-8-12(5)10-19-14-9-13(16-7-2)17-15(18-14)11(3)4/h9,11-12H,6-8,10H2,1-5H3,(H,16,17,18). The lowest BCUT2D eigenvalue weighted by atomic mass is 10.1. The number of rotatable bonds is 8. The second-order valence-electron chi connectivity index (χ2n) is 5.34. The van der Waals surface area contributed by atoms with Crippen LogP contribution in [0.15, 0.2) is 6.07 Å². The summed E-state index contributed by atoms with van der Waals surface area (Å²) in [4.78, 5) is 8.96. The van der Waals surface area contributed by atoms with Gasteiger partial charge in [0, 0.05) is 18.5 Å². The summed E-state index contributed by atoms with van der Waals surface area (Å²) in [5, 5.41) is 3.22. The van der Waals surface area contributed by atoms with E-state index < -0.39 is 0 Å². The minimum atomic E-state index is 0.300. The van der Waals surface area contributed by atoms with Crippen LogP contribution >= 0.6 is 0 Å². The van der Waals surface area contributed by atoms with Crippen molar-refractivity contribution in [3.63, 3.8) is 0 Å². The first-order valence-corrected chi connectivity index (χ1v) is 7.32. The third kappa shape index (κ3) is 5.45. The van der Waals surface area contributed by atoms with Crippen LogP contribution in [0.2, 0.25) is 0 Å². The zero-order valence-corrected chi connectivity index (χ0v) is 12.9. The van der Waals surface area contributed by atoms with Crippen molar-refractivity contribution in [3.8, 4) is 5.88 Å². The summed E-state index contributed by atoms with van der Waals surface area (Å²) in [5.74, 6) is 3.22. The van der Waals surface area contributed by atoms with E-state index in [4.69, 9.17) is 4.74 Å². The van der Waals surface area contributed by atoms with Gasteiger partial charge in [-0.2, -0.15) is 4.98 Å². The predicted octanol–water partition coefficient (Wildman–Crippen LogP) is 3.85. The van der Waals surface area contributed by atoms with Gasteiger partial charge in [-0.15, -0.1) is 0 Å². The highest BCUT2D eigenvalue weighted by molar-refractivity contribution is 5.38. The fourth-order valence-corrected chi connectivity index (χ4v) is 1.85. The molecule has 1 aromatic rings. The maximum atomic E-state index is 5.81. The van der Waals surface area contributed by atoms with Crippen molar-refractivity contribution in [3.05, 3.63) is 11.9 Å². The fourth-order valence-electron chi connectivity index (χ4n) is 1.85. The molecule has 1 aromatic heterocycles. The first-order chi connectivity index (χ1) is 9.06. The number of hydrogen-bond acceptors (Lipinski definition) is 4. The average molecular weight is 265 g/mol. The number of nitrogens with one attached hydrogen (secondary N) is 1. The Bertz CT molecular complexity index is 380. The summed E-state index contributed by atoms with van der Waals surface area (Å²) in [7, 11) is 0. The van der Waals surface area contributed by atoms with Crippen molar-refractivity contribution in [2.45, 2.75) is 53.4 Å². The number of aromatic nitrogens is 2. The lowest BCUT2D eigenvalue weighted by Gasteiger charge is -2.14. The number of hydrogen-bond donors (Lipinski definition) is 1. The Morgan fingerprint density at radius 3 is 2.53 bits per heavy atom. The zero-order valence-electron chi connectivity index (χ0n) is 12.9. The molecule has 0 aliphatic carbocycles. The molecule has 0 bridgehead atoms. The molecule has 0 spiro atoms. The van der Waals surface area contributed by atoms with Crippen LogP contribution < -0.4 is 10.1 Å². The molecule has 0 fully saturated rings. The van der Waals surface area contributed by atoms with E-state index in [0.29, 0.717) is 24.3 Å². The van der Waals surface area contributed by atoms with Gasteiger partial charge in [0.15, 0.2) is 0 Å². The quantitative estimate of drug-likeness (QED) is 0.775. The number of ether oxygens (including phenoxy) is 1. The maximum absolute atomic E-state index is 5.81. The van der Waals surface area contributed by atoms with Gasteiger partial charge in [-0.1, -0.05) is 34.1 Å². The van der Waals surface area contributed by atoms with Gasteiger partial charge in [-0.3, -0.25) is 0 Å². The summed E-state index contributed by atoms with van der Waals surface area (Å²) in [5.41, 5.74) is 0. The van der Waals surface area contributed by atoms with E-state index in [1.165, 1.54) is 12.8 Å². The molecule has 4 heteroatoms. The Labute approximate surface area is 117 Å². The Balaban J connectivity index is 2.75. The van der Waals surface area contributed by atoms with Gasteiger partial charge in [-0.25, -0.2) is 4.98 Å². The largest absolute Gasteiger partial charge is 0.477 e. The average Bonchev–Trinajstić information content (AvgIpc) is 2.37. The van der Waals surface area contributed by atoms with Crippen LogP contribution in [0, 0.1) is 5.92 Å². The van der Waals surface area contributed by atoms with E-state index in [0.717, 1.165) is 18.2 Å².